The van der Waals surface area contributed by atoms with Gasteiger partial charge in [-0.15, -0.1) is 0 Å². The van der Waals surface area contributed by atoms with Gasteiger partial charge in [0.1, 0.15) is 29.9 Å². The van der Waals surface area contributed by atoms with Crippen LogP contribution in [-0.4, -0.2) is 91.0 Å². The summed E-state index contributed by atoms with van der Waals surface area (Å²) in [5, 5.41) is 44.6. The molecule has 0 saturated heterocycles. The third-order valence-corrected chi connectivity index (χ3v) is 5.24. The van der Waals surface area contributed by atoms with Crippen LogP contribution in [0.5, 0.6) is 5.75 Å². The van der Waals surface area contributed by atoms with Crippen molar-refractivity contribution in [2.24, 2.45) is 5.73 Å². The number of hydrogen-bond donors (Lipinski definition) is 9. The first-order valence-corrected chi connectivity index (χ1v) is 10.9. The highest BCUT2D eigenvalue weighted by atomic mass is 16.4. The molecular weight excluding hydrogens is 476 g/mol. The number of aromatic hydroxyl groups is 1. The number of aliphatic carboxylic acids is 1. The number of nitrogens with two attached hydrogens (primary N) is 1. The quantitative estimate of drug-likeness (QED) is 0.135. The van der Waals surface area contributed by atoms with Gasteiger partial charge in [-0.1, -0.05) is 12.1 Å². The van der Waals surface area contributed by atoms with E-state index < -0.39 is 60.6 Å². The first-order chi connectivity index (χ1) is 17.0. The fourth-order valence-electron chi connectivity index (χ4n) is 3.12. The van der Waals surface area contributed by atoms with E-state index in [1.165, 1.54) is 43.7 Å². The number of imidazole rings is 1. The van der Waals surface area contributed by atoms with Crippen LogP contribution in [0.15, 0.2) is 36.8 Å². The van der Waals surface area contributed by atoms with E-state index in [0.717, 1.165) is 0 Å². The van der Waals surface area contributed by atoms with E-state index in [4.69, 9.17) is 10.8 Å². The molecule has 0 aliphatic carbocycles. The van der Waals surface area contributed by atoms with Gasteiger partial charge in [-0.25, -0.2) is 9.78 Å². The van der Waals surface area contributed by atoms with Gasteiger partial charge >= 0.3 is 5.97 Å². The summed E-state index contributed by atoms with van der Waals surface area (Å²) in [5.41, 5.74) is 6.67. The number of amides is 3. The van der Waals surface area contributed by atoms with Crippen LogP contribution in [0.1, 0.15) is 18.2 Å². The maximum Gasteiger partial charge on any atom is 0.328 e. The van der Waals surface area contributed by atoms with Crippen LogP contribution in [0.2, 0.25) is 0 Å². The van der Waals surface area contributed by atoms with Crippen molar-refractivity contribution >= 4 is 23.7 Å². The zero-order valence-electron chi connectivity index (χ0n) is 19.4. The van der Waals surface area contributed by atoms with Gasteiger partial charge in [0, 0.05) is 24.7 Å². The van der Waals surface area contributed by atoms with Crippen molar-refractivity contribution in [2.75, 3.05) is 6.61 Å². The Morgan fingerprint density at radius 3 is 2.03 bits per heavy atom. The number of carbonyl (C=O) groups excluding carboxylic acids is 3. The number of phenolic OH excluding ortho intramolecular Hbond substituents is 1. The van der Waals surface area contributed by atoms with Gasteiger partial charge in [-0.3, -0.25) is 14.4 Å². The summed E-state index contributed by atoms with van der Waals surface area (Å²) in [7, 11) is 0. The number of nitrogens with zero attached hydrogens (tertiary/aromatic N) is 1. The molecule has 0 aliphatic rings. The summed E-state index contributed by atoms with van der Waals surface area (Å²) < 4.78 is 0. The number of hydrogen-bond acceptors (Lipinski definition) is 9. The van der Waals surface area contributed by atoms with Gasteiger partial charge in [0.05, 0.1) is 19.0 Å². The molecule has 1 heterocycles. The lowest BCUT2D eigenvalue weighted by atomic mass is 10.0. The third kappa shape index (κ3) is 8.33. The molecule has 196 valence electrons. The molecule has 5 unspecified atom stereocenters. The molecule has 14 nitrogen and oxygen atoms in total. The van der Waals surface area contributed by atoms with Gasteiger partial charge in [-0.05, 0) is 24.6 Å². The van der Waals surface area contributed by atoms with Crippen LogP contribution in [0.4, 0.5) is 0 Å². The molecule has 36 heavy (non-hydrogen) atoms. The fourth-order valence-corrected chi connectivity index (χ4v) is 3.12. The Hall–Kier alpha value is -4.01. The normalized spacial score (nSPS) is 15.1. The largest absolute Gasteiger partial charge is 0.508 e. The van der Waals surface area contributed by atoms with Crippen LogP contribution >= 0.6 is 0 Å². The highest BCUT2D eigenvalue weighted by Gasteiger charge is 2.31. The van der Waals surface area contributed by atoms with E-state index in [1.807, 2.05) is 0 Å². The van der Waals surface area contributed by atoms with Gasteiger partial charge in [0.2, 0.25) is 17.7 Å². The van der Waals surface area contributed by atoms with E-state index in [9.17, 15) is 34.5 Å². The minimum Gasteiger partial charge on any atom is -0.508 e. The maximum absolute atomic E-state index is 13.2. The summed E-state index contributed by atoms with van der Waals surface area (Å²) >= 11 is 0. The maximum atomic E-state index is 13.2. The minimum atomic E-state index is -1.61. The number of carbonyl (C=O) groups is 4. The Balaban J connectivity index is 2.28. The lowest BCUT2D eigenvalue weighted by Crippen LogP contribution is -2.59. The van der Waals surface area contributed by atoms with Gasteiger partial charge < -0.3 is 47.1 Å². The predicted molar refractivity (Wildman–Crippen MR) is 124 cm³/mol. The van der Waals surface area contributed by atoms with Crippen LogP contribution in [-0.2, 0) is 32.0 Å². The SMILES string of the molecule is CC(O)C(N)C(=O)NC(Cc1cnc[nH]1)C(=O)NC(Cc1ccc(O)cc1)C(=O)NC(CO)C(=O)O. The van der Waals surface area contributed by atoms with Crippen molar-refractivity contribution in [1.82, 2.24) is 25.9 Å². The molecule has 0 spiro atoms. The molecule has 14 heteroatoms. The number of carboxylic acid groups (broad SMARTS) is 1. The van der Waals surface area contributed by atoms with E-state index in [1.54, 1.807) is 0 Å². The average Bonchev–Trinajstić information content (AvgIpc) is 3.35. The number of benzene rings is 1. The summed E-state index contributed by atoms with van der Waals surface area (Å²) in [6.45, 7) is 0.433. The standard InChI is InChI=1S/C22H30N6O8/c1-11(30)18(23)21(34)27-16(7-13-8-24-10-25-13)20(33)26-15(6-12-2-4-14(31)5-3-12)19(32)28-17(9-29)22(35)36/h2-5,8,10-11,15-18,29-31H,6-7,9,23H2,1H3,(H,24,25)(H,26,33)(H,27,34)(H,28,32)(H,35,36). The van der Waals surface area contributed by atoms with Gasteiger partial charge in [0.15, 0.2) is 0 Å². The third-order valence-electron chi connectivity index (χ3n) is 5.24. The van der Waals surface area contributed by atoms with Crippen molar-refractivity contribution in [3.8, 4) is 5.75 Å². The number of rotatable bonds is 13. The van der Waals surface area contributed by atoms with Crippen molar-refractivity contribution in [2.45, 2.75) is 50.0 Å². The van der Waals surface area contributed by atoms with Crippen LogP contribution in [0, 0.1) is 0 Å². The molecule has 0 bridgehead atoms. The van der Waals surface area contributed by atoms with Crippen molar-refractivity contribution in [3.05, 3.63) is 48.0 Å². The number of aliphatic hydroxyl groups excluding tert-OH is 2. The second kappa shape index (κ2) is 13.2. The average molecular weight is 507 g/mol. The number of phenols is 1. The highest BCUT2D eigenvalue weighted by molar-refractivity contribution is 5.94. The van der Waals surface area contributed by atoms with Gasteiger partial charge in [-0.2, -0.15) is 0 Å². The first kappa shape index (κ1) is 28.2. The Labute approximate surface area is 205 Å². The summed E-state index contributed by atoms with van der Waals surface area (Å²) in [5.74, 6) is -4.00. The van der Waals surface area contributed by atoms with Gasteiger partial charge in [0.25, 0.3) is 0 Å². The number of carboxylic acids is 1. The Morgan fingerprint density at radius 1 is 0.972 bits per heavy atom. The lowest BCUT2D eigenvalue weighted by molar-refractivity contribution is -0.143. The van der Waals surface area contributed by atoms with E-state index in [-0.39, 0.29) is 18.6 Å². The number of aromatic nitrogens is 2. The fraction of sp³-hybridized carbons (Fsp3) is 0.409. The van der Waals surface area contributed by atoms with Crippen LogP contribution < -0.4 is 21.7 Å². The number of nitrogens with one attached hydrogen (secondary N) is 4. The van der Waals surface area contributed by atoms with E-state index >= 15 is 0 Å². The Kier molecular flexibility index (Phi) is 10.3. The highest BCUT2D eigenvalue weighted by Crippen LogP contribution is 2.12. The molecule has 0 fully saturated rings. The molecule has 10 N–H and O–H groups in total. The predicted octanol–water partition coefficient (Wildman–Crippen LogP) is -2.86. The molecule has 3 amide bonds. The lowest BCUT2D eigenvalue weighted by Gasteiger charge is -2.25. The Morgan fingerprint density at radius 2 is 1.53 bits per heavy atom. The molecule has 5 atom stereocenters. The van der Waals surface area contributed by atoms with Crippen LogP contribution in [0.3, 0.4) is 0 Å². The van der Waals surface area contributed by atoms with Crippen molar-refractivity contribution in [3.63, 3.8) is 0 Å². The van der Waals surface area contributed by atoms with Crippen LogP contribution in [0.25, 0.3) is 0 Å². The zero-order valence-corrected chi connectivity index (χ0v) is 19.4. The smallest absolute Gasteiger partial charge is 0.328 e. The molecule has 1 aromatic heterocycles. The number of aromatic amines is 1. The number of H-pyrrole nitrogens is 1. The molecule has 2 aromatic rings. The molecule has 0 aliphatic heterocycles. The molecule has 0 saturated carbocycles. The second-order valence-electron chi connectivity index (χ2n) is 8.12. The summed E-state index contributed by atoms with van der Waals surface area (Å²) in [6.07, 6.45) is 1.44. The molecule has 1 aromatic carbocycles. The molecular formula is C22H30N6O8. The molecule has 0 radical (unpaired) electrons. The zero-order chi connectivity index (χ0) is 26.8. The second-order valence-corrected chi connectivity index (χ2v) is 8.12. The van der Waals surface area contributed by atoms with Crippen molar-refractivity contribution < 1.29 is 39.6 Å². The Bertz CT molecular complexity index is 1030. The monoisotopic (exact) mass is 506 g/mol. The topological polar surface area (TPSA) is 240 Å². The van der Waals surface area contributed by atoms with E-state index in [2.05, 4.69) is 25.9 Å². The summed E-state index contributed by atoms with van der Waals surface area (Å²) in [4.78, 5) is 56.4. The number of aliphatic hydroxyl groups is 2. The minimum absolute atomic E-state index is 0.0215. The summed E-state index contributed by atoms with van der Waals surface area (Å²) in [6, 6.07) is 0.271. The molecule has 2 rings (SSSR count). The first-order valence-electron chi connectivity index (χ1n) is 10.9. The van der Waals surface area contributed by atoms with Crippen molar-refractivity contribution in [1.29, 1.82) is 0 Å². The van der Waals surface area contributed by atoms with E-state index in [0.29, 0.717) is 11.3 Å².